The third kappa shape index (κ3) is 3.13. The quantitative estimate of drug-likeness (QED) is 0.883. The second-order valence-electron chi connectivity index (χ2n) is 4.24. The maximum Gasteiger partial charge on any atom is 0.417 e. The van der Waals surface area contributed by atoms with Crippen LogP contribution in [0.15, 0.2) is 30.5 Å². The molecule has 0 aliphatic carbocycles. The van der Waals surface area contributed by atoms with Crippen molar-refractivity contribution in [1.82, 2.24) is 4.98 Å². The van der Waals surface area contributed by atoms with E-state index in [1.807, 2.05) is 0 Å². The molecule has 0 aliphatic rings. The third-order valence-electron chi connectivity index (χ3n) is 2.90. The molecule has 7 heteroatoms. The minimum Gasteiger partial charge on any atom is -0.481 e. The van der Waals surface area contributed by atoms with Crippen LogP contribution < -0.4 is 4.74 Å². The minimum absolute atomic E-state index is 0.00533. The summed E-state index contributed by atoms with van der Waals surface area (Å²) >= 11 is 0. The van der Waals surface area contributed by atoms with Crippen LogP contribution in [0, 0.1) is 5.82 Å². The van der Waals surface area contributed by atoms with Crippen LogP contribution in [0.5, 0.6) is 5.88 Å². The summed E-state index contributed by atoms with van der Waals surface area (Å²) in [6.07, 6.45) is -3.88. The predicted octanol–water partition coefficient (Wildman–Crippen LogP) is 3.41. The number of hydrogen-bond donors (Lipinski definition) is 1. The third-order valence-corrected chi connectivity index (χ3v) is 2.90. The Morgan fingerprint density at radius 1 is 1.19 bits per heavy atom. The SMILES string of the molecule is COc1cc(-c2ccc(CO)cc2C(F)(F)F)c(F)cn1. The zero-order chi connectivity index (χ0) is 15.6. The van der Waals surface area contributed by atoms with Gasteiger partial charge < -0.3 is 9.84 Å². The molecule has 1 heterocycles. The molecule has 0 saturated carbocycles. The molecule has 0 aliphatic heterocycles. The Balaban J connectivity index is 2.68. The first-order valence-electron chi connectivity index (χ1n) is 5.87. The number of alkyl halides is 3. The molecule has 0 unspecified atom stereocenters. The molecule has 3 nitrogen and oxygen atoms in total. The highest BCUT2D eigenvalue weighted by atomic mass is 19.4. The Labute approximate surface area is 117 Å². The molecule has 21 heavy (non-hydrogen) atoms. The van der Waals surface area contributed by atoms with Gasteiger partial charge in [0, 0.05) is 11.6 Å². The predicted molar refractivity (Wildman–Crippen MR) is 67.1 cm³/mol. The number of aliphatic hydroxyl groups excluding tert-OH is 1. The van der Waals surface area contributed by atoms with Gasteiger partial charge in [0.25, 0.3) is 0 Å². The van der Waals surface area contributed by atoms with E-state index in [0.29, 0.717) is 0 Å². The topological polar surface area (TPSA) is 42.4 Å². The zero-order valence-corrected chi connectivity index (χ0v) is 10.9. The van der Waals surface area contributed by atoms with Gasteiger partial charge in [0.15, 0.2) is 0 Å². The first-order chi connectivity index (χ1) is 9.86. The lowest BCUT2D eigenvalue weighted by Gasteiger charge is -2.15. The number of pyridine rings is 1. The maximum absolute atomic E-state index is 13.8. The fourth-order valence-corrected chi connectivity index (χ4v) is 1.90. The van der Waals surface area contributed by atoms with Gasteiger partial charge >= 0.3 is 6.18 Å². The van der Waals surface area contributed by atoms with Gasteiger partial charge in [-0.15, -0.1) is 0 Å². The fraction of sp³-hybridized carbons (Fsp3) is 0.214. The molecule has 0 radical (unpaired) electrons. The number of benzene rings is 1. The van der Waals surface area contributed by atoms with Gasteiger partial charge in [-0.2, -0.15) is 13.2 Å². The lowest BCUT2D eigenvalue weighted by molar-refractivity contribution is -0.137. The van der Waals surface area contributed by atoms with Crippen molar-refractivity contribution in [2.24, 2.45) is 0 Å². The number of aromatic nitrogens is 1. The van der Waals surface area contributed by atoms with Gasteiger partial charge in [-0.3, -0.25) is 0 Å². The van der Waals surface area contributed by atoms with Gasteiger partial charge in [0.2, 0.25) is 5.88 Å². The van der Waals surface area contributed by atoms with Crippen LogP contribution in [0.2, 0.25) is 0 Å². The van der Waals surface area contributed by atoms with Gasteiger partial charge in [-0.1, -0.05) is 12.1 Å². The first-order valence-corrected chi connectivity index (χ1v) is 5.87. The van der Waals surface area contributed by atoms with E-state index in [0.717, 1.165) is 24.4 Å². The van der Waals surface area contributed by atoms with Crippen molar-refractivity contribution < 1.29 is 27.4 Å². The Bertz CT molecular complexity index is 656. The summed E-state index contributed by atoms with van der Waals surface area (Å²) in [4.78, 5) is 3.59. The van der Waals surface area contributed by atoms with Gasteiger partial charge in [0.05, 0.1) is 25.5 Å². The summed E-state index contributed by atoms with van der Waals surface area (Å²) in [6.45, 7) is -0.536. The zero-order valence-electron chi connectivity index (χ0n) is 10.9. The Hall–Kier alpha value is -2.15. The second-order valence-corrected chi connectivity index (χ2v) is 4.24. The van der Waals surface area contributed by atoms with Crippen LogP contribution in [0.25, 0.3) is 11.1 Å². The number of methoxy groups -OCH3 is 1. The summed E-state index contributed by atoms with van der Waals surface area (Å²) in [5.74, 6) is -0.885. The van der Waals surface area contributed by atoms with Crippen LogP contribution in [0.3, 0.4) is 0 Å². The summed E-state index contributed by atoms with van der Waals surface area (Å²) in [6, 6.07) is 4.31. The maximum atomic E-state index is 13.8. The standard InChI is InChI=1S/C14H11F4NO2/c1-21-13-5-10(12(15)6-19-13)9-3-2-8(7-20)4-11(9)14(16,17)18/h2-6,20H,7H2,1H3. The van der Waals surface area contributed by atoms with Crippen LogP contribution in [0.4, 0.5) is 17.6 Å². The Kier molecular flexibility index (Phi) is 4.13. The molecule has 0 atom stereocenters. The van der Waals surface area contributed by atoms with E-state index in [1.54, 1.807) is 0 Å². The van der Waals surface area contributed by atoms with Crippen LogP contribution in [0.1, 0.15) is 11.1 Å². The monoisotopic (exact) mass is 301 g/mol. The number of hydrogen-bond acceptors (Lipinski definition) is 3. The molecule has 0 amide bonds. The first kappa shape index (κ1) is 15.2. The number of ether oxygens (including phenoxy) is 1. The number of nitrogens with zero attached hydrogens (tertiary/aromatic N) is 1. The highest BCUT2D eigenvalue weighted by molar-refractivity contribution is 5.69. The summed E-state index contributed by atoms with van der Waals surface area (Å²) in [5.41, 5.74) is -1.54. The molecule has 0 spiro atoms. The molecule has 0 bridgehead atoms. The van der Waals surface area contributed by atoms with Crippen molar-refractivity contribution in [2.45, 2.75) is 12.8 Å². The highest BCUT2D eigenvalue weighted by Gasteiger charge is 2.34. The largest absolute Gasteiger partial charge is 0.481 e. The molecule has 2 rings (SSSR count). The highest BCUT2D eigenvalue weighted by Crippen LogP contribution is 2.39. The smallest absolute Gasteiger partial charge is 0.417 e. The number of aliphatic hydroxyl groups is 1. The number of halogens is 4. The van der Waals surface area contributed by atoms with E-state index in [9.17, 15) is 17.6 Å². The van der Waals surface area contributed by atoms with Crippen molar-refractivity contribution in [3.63, 3.8) is 0 Å². The van der Waals surface area contributed by atoms with Crippen LogP contribution in [-0.4, -0.2) is 17.2 Å². The van der Waals surface area contributed by atoms with E-state index in [4.69, 9.17) is 9.84 Å². The summed E-state index contributed by atoms with van der Waals surface area (Å²) < 4.78 is 58.0. The molecular formula is C14H11F4NO2. The molecule has 2 aromatic rings. The van der Waals surface area contributed by atoms with Crippen molar-refractivity contribution in [2.75, 3.05) is 7.11 Å². The average molecular weight is 301 g/mol. The average Bonchev–Trinajstić information content (AvgIpc) is 2.46. The van der Waals surface area contributed by atoms with Gasteiger partial charge in [-0.25, -0.2) is 9.37 Å². The molecule has 1 aromatic carbocycles. The van der Waals surface area contributed by atoms with E-state index in [1.165, 1.54) is 13.2 Å². The molecule has 0 fully saturated rings. The summed E-state index contributed by atoms with van der Waals surface area (Å²) in [5, 5.41) is 8.95. The van der Waals surface area contributed by atoms with Gasteiger partial charge in [0.1, 0.15) is 5.82 Å². The lowest BCUT2D eigenvalue weighted by atomic mass is 9.97. The second kappa shape index (κ2) is 5.69. The lowest BCUT2D eigenvalue weighted by Crippen LogP contribution is -2.09. The Morgan fingerprint density at radius 3 is 2.48 bits per heavy atom. The van der Waals surface area contributed by atoms with E-state index >= 15 is 0 Å². The van der Waals surface area contributed by atoms with E-state index in [2.05, 4.69) is 4.98 Å². The molecule has 112 valence electrons. The normalized spacial score (nSPS) is 11.5. The Morgan fingerprint density at radius 2 is 1.90 bits per heavy atom. The van der Waals surface area contributed by atoms with Crippen molar-refractivity contribution in [3.05, 3.63) is 47.4 Å². The van der Waals surface area contributed by atoms with E-state index in [-0.39, 0.29) is 22.6 Å². The molecule has 1 aromatic heterocycles. The summed E-state index contributed by atoms with van der Waals surface area (Å²) in [7, 11) is 1.28. The van der Waals surface area contributed by atoms with Crippen molar-refractivity contribution in [1.29, 1.82) is 0 Å². The van der Waals surface area contributed by atoms with Crippen LogP contribution >= 0.6 is 0 Å². The van der Waals surface area contributed by atoms with E-state index < -0.39 is 24.2 Å². The number of rotatable bonds is 3. The van der Waals surface area contributed by atoms with Gasteiger partial charge in [-0.05, 0) is 17.2 Å². The molecular weight excluding hydrogens is 290 g/mol. The van der Waals surface area contributed by atoms with Crippen molar-refractivity contribution in [3.8, 4) is 17.0 Å². The minimum atomic E-state index is -4.68. The fourth-order valence-electron chi connectivity index (χ4n) is 1.90. The molecule has 1 N–H and O–H groups in total. The van der Waals surface area contributed by atoms with Crippen LogP contribution in [-0.2, 0) is 12.8 Å². The molecule has 0 saturated heterocycles. The van der Waals surface area contributed by atoms with Crippen molar-refractivity contribution >= 4 is 0 Å².